The van der Waals surface area contributed by atoms with Crippen molar-refractivity contribution in [3.63, 3.8) is 0 Å². The molecule has 150 valence electrons. The number of aromatic hydroxyl groups is 1. The fraction of sp³-hybridized carbons (Fsp3) is 0.150. The average molecular weight is 526 g/mol. The van der Waals surface area contributed by atoms with Gasteiger partial charge < -0.3 is 13.5 Å². The van der Waals surface area contributed by atoms with Gasteiger partial charge in [-0.3, -0.25) is 14.2 Å². The highest BCUT2D eigenvalue weighted by Crippen LogP contribution is 2.30. The van der Waals surface area contributed by atoms with Gasteiger partial charge in [-0.1, -0.05) is 35.9 Å². The van der Waals surface area contributed by atoms with Gasteiger partial charge >= 0.3 is 0 Å². The number of nitrogens with one attached hydrogen (secondary N) is 1. The Morgan fingerprint density at radius 1 is 1.31 bits per heavy atom. The van der Waals surface area contributed by atoms with Gasteiger partial charge in [0, 0.05) is 18.6 Å². The van der Waals surface area contributed by atoms with E-state index in [4.69, 9.17) is 14.7 Å². The normalized spacial score (nSPS) is 10.6. The van der Waals surface area contributed by atoms with E-state index in [1.807, 2.05) is 19.1 Å². The standard InChI is InChI=1S/C20H17ClIN3O4/c1-11-7-8-12(9-14(11)21)10-23-19(27)16-17(26)20(28)25(2)18(24-16)13-5-3-4-6-15(13)29-22/h3-9,26H,10H2,1-2H3,(H,23,27). The number of hydrogen-bond donors (Lipinski definition) is 2. The molecule has 0 aliphatic heterocycles. The summed E-state index contributed by atoms with van der Waals surface area (Å²) in [6.07, 6.45) is 0. The van der Waals surface area contributed by atoms with Crippen molar-refractivity contribution in [1.29, 1.82) is 0 Å². The third-order valence-electron chi connectivity index (χ3n) is 4.38. The van der Waals surface area contributed by atoms with E-state index < -0.39 is 17.2 Å². The molecule has 1 heterocycles. The van der Waals surface area contributed by atoms with Crippen LogP contribution in [0.4, 0.5) is 0 Å². The first-order valence-electron chi connectivity index (χ1n) is 8.54. The van der Waals surface area contributed by atoms with Crippen molar-refractivity contribution in [3.05, 3.63) is 74.7 Å². The van der Waals surface area contributed by atoms with Crippen molar-refractivity contribution >= 4 is 40.5 Å². The van der Waals surface area contributed by atoms with Gasteiger partial charge in [0.1, 0.15) is 11.6 Å². The molecule has 3 rings (SSSR count). The molecule has 0 unspecified atom stereocenters. The third kappa shape index (κ3) is 4.38. The Kier molecular flexibility index (Phi) is 6.43. The monoisotopic (exact) mass is 525 g/mol. The Balaban J connectivity index is 1.96. The SMILES string of the molecule is Cc1ccc(CNC(=O)c2nc(-c3ccccc3OI)n(C)c(=O)c2O)cc1Cl. The van der Waals surface area contributed by atoms with Crippen LogP contribution in [-0.4, -0.2) is 20.6 Å². The maximum atomic E-state index is 12.6. The van der Waals surface area contributed by atoms with E-state index in [-0.39, 0.29) is 18.1 Å². The fourth-order valence-electron chi connectivity index (χ4n) is 2.72. The summed E-state index contributed by atoms with van der Waals surface area (Å²) in [6.45, 7) is 2.04. The quantitative estimate of drug-likeness (QED) is 0.495. The number of carbonyl (C=O) groups excluding carboxylic acids is 1. The largest absolute Gasteiger partial charge is 0.501 e. The zero-order valence-electron chi connectivity index (χ0n) is 15.6. The lowest BCUT2D eigenvalue weighted by atomic mass is 10.1. The van der Waals surface area contributed by atoms with Crippen LogP contribution in [0.1, 0.15) is 21.6 Å². The number of nitrogens with zero attached hydrogens (tertiary/aromatic N) is 2. The summed E-state index contributed by atoms with van der Waals surface area (Å²) in [7, 11) is 1.46. The van der Waals surface area contributed by atoms with E-state index in [1.165, 1.54) is 11.6 Å². The number of carbonyl (C=O) groups is 1. The van der Waals surface area contributed by atoms with E-state index in [0.717, 1.165) is 11.1 Å². The van der Waals surface area contributed by atoms with Gasteiger partial charge in [-0.05, 0) is 36.2 Å². The van der Waals surface area contributed by atoms with Gasteiger partial charge in [-0.25, -0.2) is 4.98 Å². The minimum atomic E-state index is -0.734. The second kappa shape index (κ2) is 8.83. The number of amides is 1. The predicted molar refractivity (Wildman–Crippen MR) is 119 cm³/mol. The van der Waals surface area contributed by atoms with Crippen LogP contribution in [0.5, 0.6) is 11.5 Å². The van der Waals surface area contributed by atoms with Crippen LogP contribution in [0, 0.1) is 6.92 Å². The molecule has 3 aromatic rings. The molecule has 0 saturated carbocycles. The van der Waals surface area contributed by atoms with E-state index in [2.05, 4.69) is 10.3 Å². The molecule has 0 spiro atoms. The Bertz CT molecular complexity index is 1150. The molecule has 7 nitrogen and oxygen atoms in total. The molecule has 0 bridgehead atoms. The zero-order chi connectivity index (χ0) is 21.1. The lowest BCUT2D eigenvalue weighted by Gasteiger charge is -2.13. The van der Waals surface area contributed by atoms with Crippen LogP contribution in [-0.2, 0) is 13.6 Å². The van der Waals surface area contributed by atoms with E-state index in [0.29, 0.717) is 16.3 Å². The molecule has 2 N–H and O–H groups in total. The molecule has 0 radical (unpaired) electrons. The predicted octanol–water partition coefficient (Wildman–Crippen LogP) is 3.77. The van der Waals surface area contributed by atoms with Crippen molar-refractivity contribution in [1.82, 2.24) is 14.9 Å². The highest BCUT2D eigenvalue weighted by atomic mass is 127. The first kappa shape index (κ1) is 21.1. The molecule has 0 aliphatic carbocycles. The number of aromatic nitrogens is 2. The number of hydrogen-bond acceptors (Lipinski definition) is 5. The van der Waals surface area contributed by atoms with E-state index >= 15 is 0 Å². The molecule has 1 amide bonds. The number of benzene rings is 2. The van der Waals surface area contributed by atoms with Crippen molar-refractivity contribution in [2.24, 2.45) is 7.05 Å². The molecule has 29 heavy (non-hydrogen) atoms. The molecule has 9 heteroatoms. The number of rotatable bonds is 5. The summed E-state index contributed by atoms with van der Waals surface area (Å²) in [6, 6.07) is 12.4. The maximum Gasteiger partial charge on any atom is 0.296 e. The Hall–Kier alpha value is -2.59. The second-order valence-corrected chi connectivity index (χ2v) is 7.18. The van der Waals surface area contributed by atoms with E-state index in [1.54, 1.807) is 53.3 Å². The molecule has 0 atom stereocenters. The summed E-state index contributed by atoms with van der Waals surface area (Å²) < 4.78 is 6.46. The molecule has 0 saturated heterocycles. The molecular formula is C20H17ClIN3O4. The van der Waals surface area contributed by atoms with Crippen molar-refractivity contribution in [3.8, 4) is 22.9 Å². The highest BCUT2D eigenvalue weighted by molar-refractivity contribution is 14.1. The van der Waals surface area contributed by atoms with Crippen LogP contribution in [0.25, 0.3) is 11.4 Å². The van der Waals surface area contributed by atoms with Gasteiger partial charge in [0.25, 0.3) is 11.5 Å². The van der Waals surface area contributed by atoms with Crippen molar-refractivity contribution < 1.29 is 13.0 Å². The van der Waals surface area contributed by atoms with E-state index in [9.17, 15) is 14.7 Å². The second-order valence-electron chi connectivity index (χ2n) is 6.34. The third-order valence-corrected chi connectivity index (χ3v) is 5.26. The zero-order valence-corrected chi connectivity index (χ0v) is 18.5. The van der Waals surface area contributed by atoms with Gasteiger partial charge in [-0.2, -0.15) is 0 Å². The average Bonchev–Trinajstić information content (AvgIpc) is 2.73. The van der Waals surface area contributed by atoms with Crippen molar-refractivity contribution in [2.75, 3.05) is 0 Å². The molecule has 0 fully saturated rings. The van der Waals surface area contributed by atoms with Crippen LogP contribution >= 0.6 is 34.6 Å². The van der Waals surface area contributed by atoms with Gasteiger partial charge in [-0.15, -0.1) is 0 Å². The summed E-state index contributed by atoms with van der Waals surface area (Å²) in [5, 5.41) is 13.5. The lowest BCUT2D eigenvalue weighted by Crippen LogP contribution is -2.29. The first-order chi connectivity index (χ1) is 13.8. The topological polar surface area (TPSA) is 93.5 Å². The Labute approximate surface area is 186 Å². The Morgan fingerprint density at radius 3 is 2.72 bits per heavy atom. The van der Waals surface area contributed by atoms with Gasteiger partial charge in [0.05, 0.1) is 5.56 Å². The number of para-hydroxylation sites is 1. The summed E-state index contributed by atoms with van der Waals surface area (Å²) in [4.78, 5) is 29.4. The number of aryl methyl sites for hydroxylation is 1. The summed E-state index contributed by atoms with van der Waals surface area (Å²) in [5.41, 5.74) is 1.13. The minimum absolute atomic E-state index is 0.165. The minimum Gasteiger partial charge on any atom is -0.501 e. The summed E-state index contributed by atoms with van der Waals surface area (Å²) >= 11 is 7.83. The first-order valence-corrected chi connectivity index (χ1v) is 9.80. The molecule has 0 aliphatic rings. The van der Waals surface area contributed by atoms with Crippen LogP contribution in [0.2, 0.25) is 5.02 Å². The molecule has 2 aromatic carbocycles. The number of halogens is 2. The van der Waals surface area contributed by atoms with Crippen LogP contribution in [0.15, 0.2) is 47.3 Å². The van der Waals surface area contributed by atoms with Gasteiger partial charge in [0.15, 0.2) is 28.7 Å². The Morgan fingerprint density at radius 2 is 2.03 bits per heavy atom. The van der Waals surface area contributed by atoms with Crippen LogP contribution in [0.3, 0.4) is 0 Å². The summed E-state index contributed by atoms with van der Waals surface area (Å²) in [5.74, 6) is -0.722. The lowest BCUT2D eigenvalue weighted by molar-refractivity contribution is 0.0942. The maximum absolute atomic E-state index is 12.6. The van der Waals surface area contributed by atoms with Crippen molar-refractivity contribution in [2.45, 2.75) is 13.5 Å². The smallest absolute Gasteiger partial charge is 0.296 e. The highest BCUT2D eigenvalue weighted by Gasteiger charge is 2.22. The molecule has 1 aromatic heterocycles. The fourth-order valence-corrected chi connectivity index (χ4v) is 3.31. The molecular weight excluding hydrogens is 509 g/mol. The van der Waals surface area contributed by atoms with Crippen LogP contribution < -0.4 is 13.9 Å². The van der Waals surface area contributed by atoms with Gasteiger partial charge in [0.2, 0.25) is 5.75 Å².